The van der Waals surface area contributed by atoms with E-state index in [9.17, 15) is 14.4 Å². The fourth-order valence-electron chi connectivity index (χ4n) is 4.21. The Morgan fingerprint density at radius 1 is 1.12 bits per heavy atom. The number of rotatable bonds is 8. The van der Waals surface area contributed by atoms with Gasteiger partial charge in [0, 0.05) is 44.0 Å². The number of hydrogen-bond acceptors (Lipinski definition) is 6. The van der Waals surface area contributed by atoms with Crippen LogP contribution in [0.5, 0.6) is 5.75 Å². The smallest absolute Gasteiger partial charge is 0.342 e. The van der Waals surface area contributed by atoms with E-state index in [-0.39, 0.29) is 28.7 Å². The molecule has 1 unspecified atom stereocenters. The lowest BCUT2D eigenvalue weighted by Gasteiger charge is -2.34. The van der Waals surface area contributed by atoms with E-state index in [2.05, 4.69) is 13.8 Å². The van der Waals surface area contributed by atoms with Crippen LogP contribution in [-0.2, 0) is 15.9 Å². The van der Waals surface area contributed by atoms with Crippen LogP contribution in [0.15, 0.2) is 29.2 Å². The third-order valence-corrected chi connectivity index (χ3v) is 5.87. The minimum Gasteiger partial charge on any atom is -0.493 e. The molecule has 1 aliphatic rings. The van der Waals surface area contributed by atoms with Crippen LogP contribution >= 0.6 is 0 Å². The predicted octanol–water partition coefficient (Wildman–Crippen LogP) is 4.84. The summed E-state index contributed by atoms with van der Waals surface area (Å²) in [4.78, 5) is 37.9. The Bertz CT molecular complexity index is 1140. The van der Waals surface area contributed by atoms with Crippen molar-refractivity contribution in [1.82, 2.24) is 4.57 Å². The number of pyridine rings is 1. The van der Waals surface area contributed by atoms with Crippen molar-refractivity contribution in [2.24, 2.45) is 5.92 Å². The van der Waals surface area contributed by atoms with Gasteiger partial charge in [-0.05, 0) is 57.7 Å². The Balaban J connectivity index is 2.18. The minimum absolute atomic E-state index is 0.0509. The third-order valence-electron chi connectivity index (χ3n) is 5.87. The Labute approximate surface area is 201 Å². The van der Waals surface area contributed by atoms with Gasteiger partial charge in [0.2, 0.25) is 0 Å². The summed E-state index contributed by atoms with van der Waals surface area (Å²) in [6, 6.07) is 5.20. The van der Waals surface area contributed by atoms with E-state index in [4.69, 9.17) is 14.2 Å². The molecule has 2 heterocycles. The van der Waals surface area contributed by atoms with Gasteiger partial charge in [0.25, 0.3) is 0 Å². The maximum atomic E-state index is 13.1. The SMILES string of the molecule is COCCCOc1cc2c(cc1C(=O)OC(C)(C)C)-c1cc(=O)c(C(C)=O)cn1C(C(C)C)C2. The molecule has 34 heavy (non-hydrogen) atoms. The van der Waals surface area contributed by atoms with Crippen LogP contribution in [0.3, 0.4) is 0 Å². The zero-order valence-corrected chi connectivity index (χ0v) is 21.2. The Kier molecular flexibility index (Phi) is 7.66. The van der Waals surface area contributed by atoms with Gasteiger partial charge >= 0.3 is 5.97 Å². The van der Waals surface area contributed by atoms with Crippen molar-refractivity contribution in [3.8, 4) is 17.0 Å². The number of benzene rings is 1. The molecule has 3 rings (SSSR count). The number of aromatic nitrogens is 1. The quantitative estimate of drug-likeness (QED) is 0.312. The van der Waals surface area contributed by atoms with E-state index in [1.165, 1.54) is 13.0 Å². The lowest BCUT2D eigenvalue weighted by molar-refractivity contribution is 0.00655. The predicted molar refractivity (Wildman–Crippen MR) is 131 cm³/mol. The molecule has 0 amide bonds. The summed E-state index contributed by atoms with van der Waals surface area (Å²) in [5.74, 6) is -0.0336. The number of methoxy groups -OCH3 is 1. The first-order chi connectivity index (χ1) is 15.9. The topological polar surface area (TPSA) is 83.8 Å². The van der Waals surface area contributed by atoms with Crippen molar-refractivity contribution in [1.29, 1.82) is 0 Å². The molecule has 1 aromatic heterocycles. The van der Waals surface area contributed by atoms with E-state index in [1.807, 2.05) is 31.4 Å². The lowest BCUT2D eigenvalue weighted by atomic mass is 9.86. The van der Waals surface area contributed by atoms with Crippen molar-refractivity contribution < 1.29 is 23.8 Å². The van der Waals surface area contributed by atoms with Gasteiger partial charge < -0.3 is 18.8 Å². The molecule has 0 N–H and O–H groups in total. The van der Waals surface area contributed by atoms with Crippen molar-refractivity contribution in [2.45, 2.75) is 66.0 Å². The fourth-order valence-corrected chi connectivity index (χ4v) is 4.21. The molecule has 2 aromatic rings. The first-order valence-electron chi connectivity index (χ1n) is 11.7. The van der Waals surface area contributed by atoms with Crippen molar-refractivity contribution in [3.63, 3.8) is 0 Å². The highest BCUT2D eigenvalue weighted by Gasteiger charge is 2.31. The molecule has 1 atom stereocenters. The van der Waals surface area contributed by atoms with Crippen LogP contribution in [0.2, 0.25) is 0 Å². The fraction of sp³-hybridized carbons (Fsp3) is 0.519. The number of Topliss-reactive ketones (excluding diaryl/α,β-unsaturated/α-hetero) is 1. The molecule has 0 radical (unpaired) electrons. The maximum absolute atomic E-state index is 13.1. The number of nitrogens with zero attached hydrogens (tertiary/aromatic N) is 1. The average molecular weight is 470 g/mol. The van der Waals surface area contributed by atoms with Crippen LogP contribution in [0, 0.1) is 5.92 Å². The highest BCUT2D eigenvalue weighted by molar-refractivity contribution is 5.96. The number of esters is 1. The standard InChI is InChI=1S/C27H35NO6/c1-16(2)22-11-18-12-25(33-10-8-9-32-7)20(26(31)34-27(4,5)6)13-19(18)23-14-24(30)21(17(3)29)15-28(22)23/h12-16,22H,8-11H2,1-7H3. The van der Waals surface area contributed by atoms with Crippen LogP contribution in [0.1, 0.15) is 80.3 Å². The molecule has 0 fully saturated rings. The van der Waals surface area contributed by atoms with Crippen molar-refractivity contribution >= 4 is 11.8 Å². The van der Waals surface area contributed by atoms with Crippen LogP contribution in [0.25, 0.3) is 11.3 Å². The molecular formula is C27H35NO6. The molecule has 0 spiro atoms. The normalized spacial score (nSPS) is 15.0. The number of ketones is 1. The van der Waals surface area contributed by atoms with Crippen LogP contribution in [0.4, 0.5) is 0 Å². The molecule has 0 bridgehead atoms. The molecule has 184 valence electrons. The van der Waals surface area contributed by atoms with E-state index in [0.29, 0.717) is 43.1 Å². The average Bonchev–Trinajstić information content (AvgIpc) is 2.73. The maximum Gasteiger partial charge on any atom is 0.342 e. The first-order valence-corrected chi connectivity index (χ1v) is 11.7. The van der Waals surface area contributed by atoms with Gasteiger partial charge in [0.1, 0.15) is 16.9 Å². The lowest BCUT2D eigenvalue weighted by Crippen LogP contribution is -2.28. The van der Waals surface area contributed by atoms with E-state index < -0.39 is 11.6 Å². The summed E-state index contributed by atoms with van der Waals surface area (Å²) in [5.41, 5.74) is 1.93. The molecule has 1 aliphatic heterocycles. The molecule has 0 saturated carbocycles. The molecule has 7 heteroatoms. The van der Waals surface area contributed by atoms with Crippen LogP contribution < -0.4 is 10.2 Å². The second kappa shape index (κ2) is 10.1. The van der Waals surface area contributed by atoms with Gasteiger partial charge in [0.05, 0.1) is 17.9 Å². The van der Waals surface area contributed by atoms with Crippen molar-refractivity contribution in [2.75, 3.05) is 20.3 Å². The Hall–Kier alpha value is -2.93. The number of hydrogen-bond donors (Lipinski definition) is 0. The molecule has 7 nitrogen and oxygen atoms in total. The summed E-state index contributed by atoms with van der Waals surface area (Å²) in [6.07, 6.45) is 3.03. The van der Waals surface area contributed by atoms with Gasteiger partial charge in [-0.25, -0.2) is 4.79 Å². The van der Waals surface area contributed by atoms with E-state index in [1.54, 1.807) is 19.4 Å². The van der Waals surface area contributed by atoms with Crippen LogP contribution in [-0.4, -0.2) is 42.2 Å². The van der Waals surface area contributed by atoms with Gasteiger partial charge in [0.15, 0.2) is 11.2 Å². The summed E-state index contributed by atoms with van der Waals surface area (Å²) >= 11 is 0. The summed E-state index contributed by atoms with van der Waals surface area (Å²) in [7, 11) is 1.63. The minimum atomic E-state index is -0.672. The molecular weight excluding hydrogens is 434 g/mol. The Morgan fingerprint density at radius 2 is 1.82 bits per heavy atom. The second-order valence-electron chi connectivity index (χ2n) is 10.1. The first kappa shape index (κ1) is 25.7. The van der Waals surface area contributed by atoms with Gasteiger partial charge in [-0.15, -0.1) is 0 Å². The Morgan fingerprint density at radius 3 is 2.41 bits per heavy atom. The molecule has 0 saturated heterocycles. The zero-order valence-electron chi connectivity index (χ0n) is 21.2. The largest absolute Gasteiger partial charge is 0.493 e. The number of carbonyl (C=O) groups excluding carboxylic acids is 2. The number of ether oxygens (including phenoxy) is 3. The van der Waals surface area contributed by atoms with E-state index >= 15 is 0 Å². The molecule has 0 aliphatic carbocycles. The highest BCUT2D eigenvalue weighted by Crippen LogP contribution is 2.40. The van der Waals surface area contributed by atoms with E-state index in [0.717, 1.165) is 11.1 Å². The third kappa shape index (κ3) is 5.58. The van der Waals surface area contributed by atoms with Gasteiger partial charge in [-0.2, -0.15) is 0 Å². The van der Waals surface area contributed by atoms with Gasteiger partial charge in [-0.3, -0.25) is 9.59 Å². The summed E-state index contributed by atoms with van der Waals surface area (Å²) in [5, 5.41) is 0. The van der Waals surface area contributed by atoms with Crippen molar-refractivity contribution in [3.05, 3.63) is 51.3 Å². The number of carbonyl (C=O) groups is 2. The zero-order chi connectivity index (χ0) is 25.2. The monoisotopic (exact) mass is 469 g/mol. The molecule has 1 aromatic carbocycles. The highest BCUT2D eigenvalue weighted by atomic mass is 16.6. The number of fused-ring (bicyclic) bond motifs is 3. The van der Waals surface area contributed by atoms with Gasteiger partial charge in [-0.1, -0.05) is 13.8 Å². The summed E-state index contributed by atoms with van der Waals surface area (Å²) in [6.45, 7) is 12.0. The summed E-state index contributed by atoms with van der Waals surface area (Å²) < 4.78 is 18.8. The second-order valence-corrected chi connectivity index (χ2v) is 10.1.